The fraction of sp³-hybridized carbons (Fsp3) is 0.538. The topological polar surface area (TPSA) is 78.9 Å². The molecule has 0 aliphatic carbocycles. The summed E-state index contributed by atoms with van der Waals surface area (Å²) in [5.41, 5.74) is 1.03. The van der Waals surface area contributed by atoms with Crippen LogP contribution in [0.2, 0.25) is 0 Å². The zero-order chi connectivity index (χ0) is 14.5. The molecule has 7 heteroatoms. The number of fused-ring (bicyclic) bond motifs is 1. The van der Waals surface area contributed by atoms with Crippen molar-refractivity contribution in [3.63, 3.8) is 0 Å². The highest BCUT2D eigenvalue weighted by Gasteiger charge is 2.22. The highest BCUT2D eigenvalue weighted by atomic mass is 32.1. The van der Waals surface area contributed by atoms with Crippen LogP contribution >= 0.6 is 11.3 Å². The van der Waals surface area contributed by atoms with E-state index in [1.165, 1.54) is 11.3 Å². The molecule has 1 aromatic heterocycles. The maximum Gasteiger partial charge on any atom is 0.345 e. The third kappa shape index (κ3) is 3.78. The number of amides is 1. The van der Waals surface area contributed by atoms with Gasteiger partial charge in [0.05, 0.1) is 13.2 Å². The van der Waals surface area contributed by atoms with E-state index in [9.17, 15) is 9.59 Å². The Hall–Kier alpha value is -1.44. The number of rotatable bonds is 6. The number of nitrogens with zero attached hydrogens (tertiary/aromatic N) is 1. The van der Waals surface area contributed by atoms with Crippen molar-refractivity contribution in [3.8, 4) is 0 Å². The Morgan fingerprint density at radius 1 is 1.55 bits per heavy atom. The van der Waals surface area contributed by atoms with E-state index < -0.39 is 5.97 Å². The first-order chi connectivity index (χ1) is 9.60. The zero-order valence-corrected chi connectivity index (χ0v) is 12.2. The van der Waals surface area contributed by atoms with Gasteiger partial charge >= 0.3 is 5.97 Å². The lowest BCUT2D eigenvalue weighted by Gasteiger charge is -2.25. The fourth-order valence-electron chi connectivity index (χ4n) is 2.18. The number of ether oxygens (including phenoxy) is 1. The van der Waals surface area contributed by atoms with Gasteiger partial charge in [-0.2, -0.15) is 0 Å². The smallest absolute Gasteiger partial charge is 0.345 e. The summed E-state index contributed by atoms with van der Waals surface area (Å²) in [7, 11) is 1.59. The van der Waals surface area contributed by atoms with Crippen LogP contribution in [0.4, 0.5) is 0 Å². The number of hydrogen-bond acceptors (Lipinski definition) is 5. The second kappa shape index (κ2) is 6.83. The highest BCUT2D eigenvalue weighted by molar-refractivity contribution is 7.14. The second-order valence-corrected chi connectivity index (χ2v) is 5.80. The minimum Gasteiger partial charge on any atom is -0.477 e. The van der Waals surface area contributed by atoms with Crippen molar-refractivity contribution in [2.45, 2.75) is 13.0 Å². The summed E-state index contributed by atoms with van der Waals surface area (Å²) in [4.78, 5) is 26.2. The minimum absolute atomic E-state index is 0.0285. The molecule has 2 N–H and O–H groups in total. The van der Waals surface area contributed by atoms with Gasteiger partial charge in [0, 0.05) is 31.6 Å². The molecule has 0 aromatic carbocycles. The number of carboxylic acids is 1. The molecular formula is C13H18N2O4S. The minimum atomic E-state index is -0.881. The van der Waals surface area contributed by atoms with Gasteiger partial charge in [0.1, 0.15) is 4.88 Å². The van der Waals surface area contributed by atoms with Crippen molar-refractivity contribution in [2.24, 2.45) is 0 Å². The van der Waals surface area contributed by atoms with Gasteiger partial charge in [0.2, 0.25) is 5.91 Å². The molecule has 0 unspecified atom stereocenters. The van der Waals surface area contributed by atoms with Crippen molar-refractivity contribution in [2.75, 3.05) is 33.4 Å². The lowest BCUT2D eigenvalue weighted by molar-refractivity contribution is -0.122. The van der Waals surface area contributed by atoms with Gasteiger partial charge in [-0.15, -0.1) is 11.3 Å². The molecule has 1 aliphatic heterocycles. The molecule has 0 fully saturated rings. The molecule has 20 heavy (non-hydrogen) atoms. The Morgan fingerprint density at radius 3 is 3.05 bits per heavy atom. The van der Waals surface area contributed by atoms with Gasteiger partial charge < -0.3 is 15.2 Å². The molecule has 1 aromatic rings. The number of aromatic carboxylic acids is 1. The van der Waals surface area contributed by atoms with Gasteiger partial charge in [0.25, 0.3) is 0 Å². The Bertz CT molecular complexity index is 501. The predicted molar refractivity (Wildman–Crippen MR) is 75.1 cm³/mol. The molecule has 0 saturated carbocycles. The average Bonchev–Trinajstić information content (AvgIpc) is 2.82. The molecule has 0 saturated heterocycles. The summed E-state index contributed by atoms with van der Waals surface area (Å²) in [5, 5.41) is 11.8. The van der Waals surface area contributed by atoms with Crippen LogP contribution in [0.15, 0.2) is 6.07 Å². The standard InChI is InChI=1S/C13H18N2O4S/c1-19-5-3-14-12(16)8-15-4-2-10-9(7-15)6-11(20-10)13(17)18/h6H,2-5,7-8H2,1H3,(H,14,16)(H,17,18). The van der Waals surface area contributed by atoms with Crippen LogP contribution < -0.4 is 5.32 Å². The molecule has 110 valence electrons. The van der Waals surface area contributed by atoms with E-state index in [2.05, 4.69) is 5.32 Å². The maximum absolute atomic E-state index is 11.7. The van der Waals surface area contributed by atoms with E-state index in [0.717, 1.165) is 23.4 Å². The molecule has 0 radical (unpaired) electrons. The van der Waals surface area contributed by atoms with Crippen LogP contribution in [0.1, 0.15) is 20.1 Å². The predicted octanol–water partition coefficient (Wildman–Crippen LogP) is 0.567. The van der Waals surface area contributed by atoms with E-state index in [1.54, 1.807) is 13.2 Å². The summed E-state index contributed by atoms with van der Waals surface area (Å²) >= 11 is 1.34. The number of carbonyl (C=O) groups excluding carboxylic acids is 1. The molecular weight excluding hydrogens is 280 g/mol. The molecule has 0 bridgehead atoms. The van der Waals surface area contributed by atoms with Crippen molar-refractivity contribution in [1.82, 2.24) is 10.2 Å². The second-order valence-electron chi connectivity index (χ2n) is 4.67. The Morgan fingerprint density at radius 2 is 2.35 bits per heavy atom. The average molecular weight is 298 g/mol. The number of thiophene rings is 1. The van der Waals surface area contributed by atoms with E-state index in [4.69, 9.17) is 9.84 Å². The van der Waals surface area contributed by atoms with Crippen molar-refractivity contribution in [3.05, 3.63) is 21.4 Å². The molecule has 1 amide bonds. The van der Waals surface area contributed by atoms with Crippen molar-refractivity contribution in [1.29, 1.82) is 0 Å². The Labute approximate surface area is 121 Å². The van der Waals surface area contributed by atoms with Crippen LogP contribution in [-0.2, 0) is 22.5 Å². The lowest BCUT2D eigenvalue weighted by Crippen LogP contribution is -2.40. The Kier molecular flexibility index (Phi) is 5.11. The van der Waals surface area contributed by atoms with E-state index in [1.807, 2.05) is 4.90 Å². The lowest BCUT2D eigenvalue weighted by atomic mass is 10.1. The molecule has 1 aliphatic rings. The zero-order valence-electron chi connectivity index (χ0n) is 11.3. The first-order valence-corrected chi connectivity index (χ1v) is 7.24. The maximum atomic E-state index is 11.7. The van der Waals surface area contributed by atoms with Crippen molar-refractivity contribution < 1.29 is 19.4 Å². The van der Waals surface area contributed by atoms with Gasteiger partial charge in [0.15, 0.2) is 0 Å². The fourth-order valence-corrected chi connectivity index (χ4v) is 3.19. The van der Waals surface area contributed by atoms with Crippen LogP contribution in [0.5, 0.6) is 0 Å². The number of nitrogens with one attached hydrogen (secondary N) is 1. The van der Waals surface area contributed by atoms with Crippen molar-refractivity contribution >= 4 is 23.2 Å². The van der Waals surface area contributed by atoms with Gasteiger partial charge in [-0.05, 0) is 18.1 Å². The molecule has 0 atom stereocenters. The quantitative estimate of drug-likeness (QED) is 0.751. The summed E-state index contributed by atoms with van der Waals surface area (Å²) in [6.07, 6.45) is 0.804. The summed E-state index contributed by atoms with van der Waals surface area (Å²) < 4.78 is 4.87. The van der Waals surface area contributed by atoms with Crippen LogP contribution in [0.25, 0.3) is 0 Å². The number of hydrogen-bond donors (Lipinski definition) is 2. The highest BCUT2D eigenvalue weighted by Crippen LogP contribution is 2.27. The summed E-state index contributed by atoms with van der Waals surface area (Å²) in [6.45, 7) is 2.76. The normalized spacial score (nSPS) is 14.8. The summed E-state index contributed by atoms with van der Waals surface area (Å²) in [6, 6.07) is 1.72. The largest absolute Gasteiger partial charge is 0.477 e. The third-order valence-corrected chi connectivity index (χ3v) is 4.38. The SMILES string of the molecule is COCCNC(=O)CN1CCc2sc(C(=O)O)cc2C1. The first kappa shape index (κ1) is 15.0. The van der Waals surface area contributed by atoms with Crippen LogP contribution in [0, 0.1) is 0 Å². The number of carbonyl (C=O) groups is 2. The Balaban J connectivity index is 1.87. The molecule has 2 rings (SSSR count). The number of methoxy groups -OCH3 is 1. The van der Waals surface area contributed by atoms with Gasteiger partial charge in [-0.3, -0.25) is 9.69 Å². The molecule has 2 heterocycles. The van der Waals surface area contributed by atoms with E-state index >= 15 is 0 Å². The monoisotopic (exact) mass is 298 g/mol. The van der Waals surface area contributed by atoms with E-state index in [-0.39, 0.29) is 5.91 Å². The number of carboxylic acid groups (broad SMARTS) is 1. The first-order valence-electron chi connectivity index (χ1n) is 6.43. The van der Waals surface area contributed by atoms with Crippen LogP contribution in [0.3, 0.4) is 0 Å². The van der Waals surface area contributed by atoms with Gasteiger partial charge in [-0.25, -0.2) is 4.79 Å². The molecule has 0 spiro atoms. The molecule has 6 nitrogen and oxygen atoms in total. The van der Waals surface area contributed by atoms with Gasteiger partial charge in [-0.1, -0.05) is 0 Å². The summed E-state index contributed by atoms with van der Waals surface area (Å²) in [5.74, 6) is -0.910. The van der Waals surface area contributed by atoms with E-state index in [0.29, 0.717) is 31.1 Å². The third-order valence-electron chi connectivity index (χ3n) is 3.15. The van der Waals surface area contributed by atoms with Crippen LogP contribution in [-0.4, -0.2) is 55.2 Å².